The Bertz CT molecular complexity index is 770. The van der Waals surface area contributed by atoms with Crippen LogP contribution in [0, 0.1) is 5.92 Å². The molecule has 1 N–H and O–H groups in total. The first-order valence-corrected chi connectivity index (χ1v) is 7.41. The molecule has 2 aromatic rings. The van der Waals surface area contributed by atoms with Crippen LogP contribution < -0.4 is 10.4 Å². The second-order valence-corrected chi connectivity index (χ2v) is 5.49. The predicted octanol–water partition coefficient (Wildman–Crippen LogP) is 1.29. The summed E-state index contributed by atoms with van der Waals surface area (Å²) in [6.07, 6.45) is -0.621. The Hall–Kier alpha value is -3.15. The number of amides is 1. The molecular formula is C18H14NO5-. The lowest BCUT2D eigenvalue weighted by Crippen LogP contribution is -2.25. The first-order chi connectivity index (χ1) is 11.5. The average Bonchev–Trinajstić information content (AvgIpc) is 2.98. The van der Waals surface area contributed by atoms with Crippen molar-refractivity contribution in [2.75, 3.05) is 5.32 Å². The minimum Gasteiger partial charge on any atom is -0.545 e. The second kappa shape index (κ2) is 6.54. The number of hydrogen-bond acceptors (Lipinski definition) is 5. The number of aromatic carboxylic acids is 1. The summed E-state index contributed by atoms with van der Waals surface area (Å²) in [4.78, 5) is 34.9. The minimum absolute atomic E-state index is 0.00250. The van der Waals surface area contributed by atoms with Gasteiger partial charge in [0.1, 0.15) is 6.10 Å². The number of carboxylic acids is 1. The van der Waals surface area contributed by atoms with E-state index in [1.807, 2.05) is 18.2 Å². The van der Waals surface area contributed by atoms with Crippen LogP contribution in [0.4, 0.5) is 5.69 Å². The molecule has 1 amide bonds. The van der Waals surface area contributed by atoms with Crippen LogP contribution in [-0.4, -0.2) is 17.8 Å². The quantitative estimate of drug-likeness (QED) is 0.855. The number of esters is 1. The van der Waals surface area contributed by atoms with Gasteiger partial charge < -0.3 is 20.0 Å². The van der Waals surface area contributed by atoms with Gasteiger partial charge in [-0.1, -0.05) is 42.5 Å². The highest BCUT2D eigenvalue weighted by molar-refractivity contribution is 5.97. The third-order valence-corrected chi connectivity index (χ3v) is 3.86. The summed E-state index contributed by atoms with van der Waals surface area (Å²) in [6, 6.07) is 14.7. The first-order valence-electron chi connectivity index (χ1n) is 7.41. The van der Waals surface area contributed by atoms with Gasteiger partial charge in [-0.05, 0) is 23.3 Å². The third-order valence-electron chi connectivity index (χ3n) is 3.86. The van der Waals surface area contributed by atoms with E-state index in [0.29, 0.717) is 5.69 Å². The normalized spacial score (nSPS) is 19.6. The highest BCUT2D eigenvalue weighted by Gasteiger charge is 2.40. The molecule has 0 radical (unpaired) electrons. The SMILES string of the molecule is O=C1C[C@H](C(=O)Nc2ccc(C(=O)[O-])cc2)[C@@H](c2ccccc2)O1. The zero-order valence-electron chi connectivity index (χ0n) is 12.6. The summed E-state index contributed by atoms with van der Waals surface area (Å²) in [6.45, 7) is 0. The molecule has 2 atom stereocenters. The molecule has 1 saturated heterocycles. The van der Waals surface area contributed by atoms with Crippen LogP contribution in [0.25, 0.3) is 0 Å². The van der Waals surface area contributed by atoms with E-state index in [1.165, 1.54) is 24.3 Å². The maximum absolute atomic E-state index is 12.5. The average molecular weight is 324 g/mol. The molecule has 122 valence electrons. The van der Waals surface area contributed by atoms with E-state index in [1.54, 1.807) is 12.1 Å². The van der Waals surface area contributed by atoms with Gasteiger partial charge in [0.2, 0.25) is 5.91 Å². The van der Waals surface area contributed by atoms with Gasteiger partial charge in [-0.25, -0.2) is 0 Å². The monoisotopic (exact) mass is 324 g/mol. The number of ether oxygens (including phenoxy) is 1. The standard InChI is InChI=1S/C18H15NO5/c20-15-10-14(16(24-15)11-4-2-1-3-5-11)17(21)19-13-8-6-12(7-9-13)18(22)23/h1-9,14,16H,10H2,(H,19,21)(H,22,23)/p-1/t14-,16+/m0/s1. The minimum atomic E-state index is -1.29. The summed E-state index contributed by atoms with van der Waals surface area (Å²) in [5.74, 6) is -2.69. The fourth-order valence-electron chi connectivity index (χ4n) is 2.66. The van der Waals surface area contributed by atoms with Crippen molar-refractivity contribution in [2.24, 2.45) is 5.92 Å². The van der Waals surface area contributed by atoms with Gasteiger partial charge in [0, 0.05) is 5.69 Å². The van der Waals surface area contributed by atoms with Crippen LogP contribution in [0.15, 0.2) is 54.6 Å². The maximum Gasteiger partial charge on any atom is 0.307 e. The number of hydrogen-bond donors (Lipinski definition) is 1. The summed E-state index contributed by atoms with van der Waals surface area (Å²) in [7, 11) is 0. The van der Waals surface area contributed by atoms with Crippen molar-refractivity contribution in [3.8, 4) is 0 Å². The van der Waals surface area contributed by atoms with Gasteiger partial charge in [0.05, 0.1) is 18.3 Å². The predicted molar refractivity (Wildman–Crippen MR) is 82.8 cm³/mol. The zero-order valence-corrected chi connectivity index (χ0v) is 12.6. The van der Waals surface area contributed by atoms with Gasteiger partial charge in [-0.3, -0.25) is 9.59 Å². The number of rotatable bonds is 4. The number of benzene rings is 2. The molecule has 0 aromatic heterocycles. The Morgan fingerprint density at radius 2 is 1.71 bits per heavy atom. The Morgan fingerprint density at radius 3 is 2.33 bits per heavy atom. The first kappa shape index (κ1) is 15.7. The van der Waals surface area contributed by atoms with Crippen molar-refractivity contribution < 1.29 is 24.2 Å². The van der Waals surface area contributed by atoms with Gasteiger partial charge in [-0.15, -0.1) is 0 Å². The van der Waals surface area contributed by atoms with Crippen LogP contribution in [-0.2, 0) is 14.3 Å². The lowest BCUT2D eigenvalue weighted by atomic mass is 9.94. The van der Waals surface area contributed by atoms with Crippen molar-refractivity contribution >= 4 is 23.5 Å². The molecule has 0 unspecified atom stereocenters. The van der Waals surface area contributed by atoms with Crippen molar-refractivity contribution in [3.05, 3.63) is 65.7 Å². The lowest BCUT2D eigenvalue weighted by molar-refractivity contribution is -0.255. The molecule has 6 nitrogen and oxygen atoms in total. The maximum atomic E-state index is 12.5. The van der Waals surface area contributed by atoms with Crippen LogP contribution in [0.2, 0.25) is 0 Å². The number of carbonyl (C=O) groups excluding carboxylic acids is 3. The molecule has 6 heteroatoms. The zero-order chi connectivity index (χ0) is 17.1. The van der Waals surface area contributed by atoms with Gasteiger partial charge in [0.15, 0.2) is 0 Å². The Labute approximate surface area is 138 Å². The lowest BCUT2D eigenvalue weighted by Gasteiger charge is -2.17. The van der Waals surface area contributed by atoms with Gasteiger partial charge in [-0.2, -0.15) is 0 Å². The Kier molecular flexibility index (Phi) is 4.29. The van der Waals surface area contributed by atoms with Gasteiger partial charge >= 0.3 is 5.97 Å². The molecule has 1 heterocycles. The smallest absolute Gasteiger partial charge is 0.307 e. The molecule has 1 aliphatic rings. The highest BCUT2D eigenvalue weighted by Crippen LogP contribution is 2.36. The molecule has 0 spiro atoms. The molecule has 1 aliphatic heterocycles. The summed E-state index contributed by atoms with van der Waals surface area (Å²) in [5.41, 5.74) is 1.22. The van der Waals surface area contributed by atoms with Crippen molar-refractivity contribution in [1.29, 1.82) is 0 Å². The summed E-state index contributed by atoms with van der Waals surface area (Å²) < 4.78 is 5.28. The number of carbonyl (C=O) groups is 3. The topological polar surface area (TPSA) is 95.5 Å². The van der Waals surface area contributed by atoms with E-state index in [4.69, 9.17) is 4.74 Å². The van der Waals surface area contributed by atoms with E-state index in [2.05, 4.69) is 5.32 Å². The largest absolute Gasteiger partial charge is 0.545 e. The molecule has 1 fully saturated rings. The molecule has 0 bridgehead atoms. The van der Waals surface area contributed by atoms with Gasteiger partial charge in [0.25, 0.3) is 0 Å². The van der Waals surface area contributed by atoms with Crippen LogP contribution in [0.1, 0.15) is 28.4 Å². The molecule has 0 saturated carbocycles. The summed E-state index contributed by atoms with van der Waals surface area (Å²) in [5, 5.41) is 13.4. The summed E-state index contributed by atoms with van der Waals surface area (Å²) >= 11 is 0. The Morgan fingerprint density at radius 1 is 1.04 bits per heavy atom. The van der Waals surface area contributed by atoms with E-state index >= 15 is 0 Å². The fraction of sp³-hybridized carbons (Fsp3) is 0.167. The van der Waals surface area contributed by atoms with Crippen LogP contribution in [0.5, 0.6) is 0 Å². The van der Waals surface area contributed by atoms with Crippen LogP contribution in [0.3, 0.4) is 0 Å². The fourth-order valence-corrected chi connectivity index (χ4v) is 2.66. The molecular weight excluding hydrogens is 310 g/mol. The van der Waals surface area contributed by atoms with Crippen molar-refractivity contribution in [3.63, 3.8) is 0 Å². The number of carboxylic acid groups (broad SMARTS) is 1. The van der Waals surface area contributed by atoms with E-state index < -0.39 is 24.0 Å². The molecule has 24 heavy (non-hydrogen) atoms. The Balaban J connectivity index is 1.75. The van der Waals surface area contributed by atoms with E-state index in [9.17, 15) is 19.5 Å². The number of anilines is 1. The molecule has 2 aromatic carbocycles. The van der Waals surface area contributed by atoms with Crippen molar-refractivity contribution in [1.82, 2.24) is 0 Å². The third kappa shape index (κ3) is 3.27. The van der Waals surface area contributed by atoms with E-state index in [0.717, 1.165) is 5.56 Å². The second-order valence-electron chi connectivity index (χ2n) is 5.49. The molecule has 3 rings (SSSR count). The highest BCUT2D eigenvalue weighted by atomic mass is 16.6. The number of nitrogens with one attached hydrogen (secondary N) is 1. The van der Waals surface area contributed by atoms with Crippen molar-refractivity contribution in [2.45, 2.75) is 12.5 Å². The van der Waals surface area contributed by atoms with Crippen LogP contribution >= 0.6 is 0 Å². The molecule has 0 aliphatic carbocycles. The van der Waals surface area contributed by atoms with E-state index in [-0.39, 0.29) is 17.9 Å². The number of cyclic esters (lactones) is 1.